The van der Waals surface area contributed by atoms with Gasteiger partial charge in [-0.3, -0.25) is 9.88 Å². The minimum Gasteiger partial charge on any atom is -0.322 e. The number of hydrogen-bond acceptors (Lipinski definition) is 3. The summed E-state index contributed by atoms with van der Waals surface area (Å²) in [7, 11) is 0. The van der Waals surface area contributed by atoms with Crippen molar-refractivity contribution in [1.29, 1.82) is 0 Å². The van der Waals surface area contributed by atoms with Crippen LogP contribution in [0.5, 0.6) is 0 Å². The fraction of sp³-hybridized carbons (Fsp3) is 0.273. The number of nitrogens with zero attached hydrogens (tertiary/aromatic N) is 3. The highest BCUT2D eigenvalue weighted by Gasteiger charge is 2.22. The Morgan fingerprint density at radius 2 is 1.78 bits per heavy atom. The maximum absolute atomic E-state index is 12.7. The average molecular weight is 360 g/mol. The molecule has 0 aliphatic carbocycles. The highest BCUT2D eigenvalue weighted by molar-refractivity contribution is 5.99. The summed E-state index contributed by atoms with van der Waals surface area (Å²) >= 11 is 0. The first kappa shape index (κ1) is 17.5. The third-order valence-corrected chi connectivity index (χ3v) is 5.19. The van der Waals surface area contributed by atoms with Gasteiger partial charge >= 0.3 is 6.03 Å². The molecule has 2 heterocycles. The molecule has 2 amide bonds. The zero-order chi connectivity index (χ0) is 18.6. The molecule has 2 aromatic carbocycles. The highest BCUT2D eigenvalue weighted by atomic mass is 16.2. The van der Waals surface area contributed by atoms with E-state index in [1.807, 2.05) is 35.2 Å². The lowest BCUT2D eigenvalue weighted by molar-refractivity contribution is 0.143. The Hall–Kier alpha value is -2.92. The molecule has 1 saturated heterocycles. The van der Waals surface area contributed by atoms with Crippen molar-refractivity contribution in [2.75, 3.05) is 31.5 Å². The van der Waals surface area contributed by atoms with Crippen molar-refractivity contribution in [1.82, 2.24) is 14.8 Å². The SMILES string of the molecule is Cc1ccccc1CN1CCN(C(=O)Nc2cccc3cccnc23)CC1. The molecule has 5 nitrogen and oxygen atoms in total. The topological polar surface area (TPSA) is 48.5 Å². The van der Waals surface area contributed by atoms with E-state index < -0.39 is 0 Å². The molecule has 0 atom stereocenters. The standard InChI is InChI=1S/C22H24N4O/c1-17-6-2-3-7-19(17)16-25-12-14-26(15-13-25)22(27)24-20-10-4-8-18-9-5-11-23-21(18)20/h2-11H,12-16H2,1H3,(H,24,27). The number of aromatic nitrogens is 1. The van der Waals surface area contributed by atoms with Gasteiger partial charge in [-0.05, 0) is 30.2 Å². The Kier molecular flexibility index (Phi) is 5.03. The van der Waals surface area contributed by atoms with Gasteiger partial charge in [-0.25, -0.2) is 4.79 Å². The Bertz CT molecular complexity index is 942. The average Bonchev–Trinajstić information content (AvgIpc) is 2.70. The molecule has 1 aromatic heterocycles. The van der Waals surface area contributed by atoms with Crippen molar-refractivity contribution < 1.29 is 4.79 Å². The van der Waals surface area contributed by atoms with Crippen LogP contribution >= 0.6 is 0 Å². The fourth-order valence-electron chi connectivity index (χ4n) is 3.54. The van der Waals surface area contributed by atoms with Crippen LogP contribution in [-0.4, -0.2) is 47.0 Å². The molecule has 0 unspecified atom stereocenters. The van der Waals surface area contributed by atoms with E-state index in [1.54, 1.807) is 6.20 Å². The van der Waals surface area contributed by atoms with Gasteiger partial charge in [0.2, 0.25) is 0 Å². The zero-order valence-electron chi connectivity index (χ0n) is 15.6. The van der Waals surface area contributed by atoms with E-state index in [-0.39, 0.29) is 6.03 Å². The number of hydrogen-bond donors (Lipinski definition) is 1. The van der Waals surface area contributed by atoms with Gasteiger partial charge in [-0.15, -0.1) is 0 Å². The molecule has 1 N–H and O–H groups in total. The lowest BCUT2D eigenvalue weighted by Gasteiger charge is -2.35. The van der Waals surface area contributed by atoms with Gasteiger partial charge in [0.1, 0.15) is 0 Å². The second-order valence-corrected chi connectivity index (χ2v) is 7.00. The number of pyridine rings is 1. The lowest BCUT2D eigenvalue weighted by Crippen LogP contribution is -2.49. The quantitative estimate of drug-likeness (QED) is 0.771. The van der Waals surface area contributed by atoms with Crippen molar-refractivity contribution in [2.24, 2.45) is 0 Å². The monoisotopic (exact) mass is 360 g/mol. The van der Waals surface area contributed by atoms with Gasteiger partial charge in [-0.2, -0.15) is 0 Å². The van der Waals surface area contributed by atoms with Crippen molar-refractivity contribution in [3.8, 4) is 0 Å². The van der Waals surface area contributed by atoms with Crippen LogP contribution < -0.4 is 5.32 Å². The van der Waals surface area contributed by atoms with Crippen molar-refractivity contribution >= 4 is 22.6 Å². The molecule has 5 heteroatoms. The van der Waals surface area contributed by atoms with E-state index in [9.17, 15) is 4.79 Å². The van der Waals surface area contributed by atoms with E-state index >= 15 is 0 Å². The summed E-state index contributed by atoms with van der Waals surface area (Å²) in [6.45, 7) is 6.32. The van der Waals surface area contributed by atoms with Crippen LogP contribution in [0.25, 0.3) is 10.9 Å². The highest BCUT2D eigenvalue weighted by Crippen LogP contribution is 2.21. The number of benzene rings is 2. The first-order valence-electron chi connectivity index (χ1n) is 9.37. The molecule has 3 aromatic rings. The number of anilines is 1. The largest absolute Gasteiger partial charge is 0.322 e. The Morgan fingerprint density at radius 3 is 2.59 bits per heavy atom. The Morgan fingerprint density at radius 1 is 1.00 bits per heavy atom. The molecule has 1 fully saturated rings. The summed E-state index contributed by atoms with van der Waals surface area (Å²) in [5, 5.41) is 4.06. The lowest BCUT2D eigenvalue weighted by atomic mass is 10.1. The molecule has 138 valence electrons. The maximum Gasteiger partial charge on any atom is 0.321 e. The third-order valence-electron chi connectivity index (χ3n) is 5.19. The number of rotatable bonds is 3. The number of fused-ring (bicyclic) bond motifs is 1. The molecule has 1 aliphatic heterocycles. The Balaban J connectivity index is 1.37. The first-order chi connectivity index (χ1) is 13.2. The normalized spacial score (nSPS) is 15.1. The summed E-state index contributed by atoms with van der Waals surface area (Å²) in [6, 6.07) is 18.2. The number of urea groups is 1. The van der Waals surface area contributed by atoms with E-state index in [4.69, 9.17) is 0 Å². The first-order valence-corrected chi connectivity index (χ1v) is 9.37. The van der Waals surface area contributed by atoms with Crippen LogP contribution in [0.3, 0.4) is 0 Å². The molecular formula is C22H24N4O. The second-order valence-electron chi connectivity index (χ2n) is 7.00. The number of piperazine rings is 1. The third kappa shape index (κ3) is 3.93. The number of carbonyl (C=O) groups is 1. The smallest absolute Gasteiger partial charge is 0.321 e. The van der Waals surface area contributed by atoms with E-state index in [0.29, 0.717) is 0 Å². The number of carbonyl (C=O) groups excluding carboxylic acids is 1. The Labute approximate surface area is 159 Å². The van der Waals surface area contributed by atoms with Gasteiger partial charge in [0.25, 0.3) is 0 Å². The van der Waals surface area contributed by atoms with Crippen LogP contribution in [0.4, 0.5) is 10.5 Å². The van der Waals surface area contributed by atoms with Gasteiger partial charge in [0.15, 0.2) is 0 Å². The predicted molar refractivity (Wildman–Crippen MR) is 109 cm³/mol. The number of amides is 2. The summed E-state index contributed by atoms with van der Waals surface area (Å²) in [6.07, 6.45) is 1.75. The van der Waals surface area contributed by atoms with Gasteiger partial charge < -0.3 is 10.2 Å². The van der Waals surface area contributed by atoms with Crippen LogP contribution in [-0.2, 0) is 6.54 Å². The molecule has 0 saturated carbocycles. The minimum atomic E-state index is -0.0521. The van der Waals surface area contributed by atoms with Crippen LogP contribution in [0, 0.1) is 6.92 Å². The summed E-state index contributed by atoms with van der Waals surface area (Å²) in [5.41, 5.74) is 4.27. The molecular weight excluding hydrogens is 336 g/mol. The molecule has 0 spiro atoms. The van der Waals surface area contributed by atoms with Crippen LogP contribution in [0.2, 0.25) is 0 Å². The number of nitrogens with one attached hydrogen (secondary N) is 1. The molecule has 0 radical (unpaired) electrons. The van der Waals surface area contributed by atoms with Gasteiger partial charge in [0.05, 0.1) is 11.2 Å². The number of aryl methyl sites for hydroxylation is 1. The summed E-state index contributed by atoms with van der Waals surface area (Å²) in [4.78, 5) is 21.4. The fourth-order valence-corrected chi connectivity index (χ4v) is 3.54. The second kappa shape index (κ2) is 7.76. The molecule has 0 bridgehead atoms. The van der Waals surface area contributed by atoms with Gasteiger partial charge in [-0.1, -0.05) is 42.5 Å². The summed E-state index contributed by atoms with van der Waals surface area (Å²) < 4.78 is 0. The number of para-hydroxylation sites is 1. The molecule has 27 heavy (non-hydrogen) atoms. The van der Waals surface area contributed by atoms with Crippen molar-refractivity contribution in [2.45, 2.75) is 13.5 Å². The van der Waals surface area contributed by atoms with Crippen LogP contribution in [0.1, 0.15) is 11.1 Å². The molecule has 1 aliphatic rings. The van der Waals surface area contributed by atoms with Crippen LogP contribution in [0.15, 0.2) is 60.8 Å². The minimum absolute atomic E-state index is 0.0521. The zero-order valence-corrected chi connectivity index (χ0v) is 15.6. The molecule has 4 rings (SSSR count). The summed E-state index contributed by atoms with van der Waals surface area (Å²) in [5.74, 6) is 0. The van der Waals surface area contributed by atoms with Crippen molar-refractivity contribution in [3.05, 3.63) is 71.9 Å². The maximum atomic E-state index is 12.7. The van der Waals surface area contributed by atoms with E-state index in [1.165, 1.54) is 11.1 Å². The van der Waals surface area contributed by atoms with Gasteiger partial charge in [0, 0.05) is 44.3 Å². The predicted octanol–water partition coefficient (Wildman–Crippen LogP) is 3.89. The van der Waals surface area contributed by atoms with Crippen molar-refractivity contribution in [3.63, 3.8) is 0 Å². The van der Waals surface area contributed by atoms with E-state index in [0.717, 1.165) is 49.3 Å². The van der Waals surface area contributed by atoms with E-state index in [2.05, 4.69) is 46.4 Å².